The average Bonchev–Trinajstić information content (AvgIpc) is 3.06. The lowest BCUT2D eigenvalue weighted by Gasteiger charge is -2.14. The van der Waals surface area contributed by atoms with Crippen LogP contribution in [-0.4, -0.2) is 32.0 Å². The number of hydrogen-bond donors (Lipinski definition) is 1. The maximum atomic E-state index is 12.8. The van der Waals surface area contributed by atoms with E-state index in [0.717, 1.165) is 11.3 Å². The Labute approximate surface area is 139 Å². The highest BCUT2D eigenvalue weighted by Gasteiger charge is 2.22. The van der Waals surface area contributed by atoms with E-state index >= 15 is 0 Å². The number of rotatable bonds is 5. The molecule has 7 nitrogen and oxygen atoms in total. The number of sulfonamides is 1. The number of fused-ring (bicyclic) bond motifs is 1. The minimum atomic E-state index is -3.85. The van der Waals surface area contributed by atoms with E-state index in [1.54, 1.807) is 41.1 Å². The molecule has 0 fully saturated rings. The summed E-state index contributed by atoms with van der Waals surface area (Å²) < 4.78 is 40.3. The lowest BCUT2D eigenvalue weighted by atomic mass is 10.3. The maximum Gasteiger partial charge on any atom is 0.265 e. The molecule has 2 heterocycles. The predicted molar refractivity (Wildman–Crippen MR) is 90.3 cm³/mol. The number of pyridine rings is 1. The summed E-state index contributed by atoms with van der Waals surface area (Å²) in [6, 6.07) is 8.04. The number of nitrogens with zero attached hydrogens (tertiary/aromatic N) is 2. The van der Waals surface area contributed by atoms with Crippen molar-refractivity contribution in [2.24, 2.45) is 0 Å². The Hall–Kier alpha value is -2.74. The van der Waals surface area contributed by atoms with Crippen LogP contribution in [-0.2, 0) is 10.0 Å². The first-order chi connectivity index (χ1) is 11.5. The fraction of sp³-hybridized carbons (Fsp3) is 0.188. The molecule has 0 aliphatic rings. The minimum absolute atomic E-state index is 0.00878. The number of anilines is 1. The van der Waals surface area contributed by atoms with Crippen LogP contribution in [0.1, 0.15) is 5.69 Å². The summed E-state index contributed by atoms with van der Waals surface area (Å²) in [5.74, 6) is 0.669. The number of ether oxygens (including phenoxy) is 2. The third-order valence-corrected chi connectivity index (χ3v) is 5.11. The largest absolute Gasteiger partial charge is 0.497 e. The van der Waals surface area contributed by atoms with Crippen molar-refractivity contribution in [1.82, 2.24) is 9.38 Å². The molecule has 2 aromatic heterocycles. The van der Waals surface area contributed by atoms with E-state index < -0.39 is 10.0 Å². The van der Waals surface area contributed by atoms with Gasteiger partial charge >= 0.3 is 0 Å². The quantitative estimate of drug-likeness (QED) is 0.767. The second-order valence-electron chi connectivity index (χ2n) is 5.11. The highest BCUT2D eigenvalue weighted by Crippen LogP contribution is 2.30. The van der Waals surface area contributed by atoms with Crippen molar-refractivity contribution in [2.45, 2.75) is 11.8 Å². The molecule has 0 aliphatic heterocycles. The Morgan fingerprint density at radius 1 is 1.12 bits per heavy atom. The molecule has 0 atom stereocenters. The van der Waals surface area contributed by atoms with Gasteiger partial charge < -0.3 is 13.9 Å². The molecule has 1 aromatic carbocycles. The SMILES string of the molecule is COc1ccc(OC)c(S(=O)(=O)Nc2ccc3nccn3c2C)c1. The molecule has 8 heteroatoms. The van der Waals surface area contributed by atoms with Crippen molar-refractivity contribution in [1.29, 1.82) is 0 Å². The Balaban J connectivity index is 2.06. The zero-order valence-corrected chi connectivity index (χ0v) is 14.3. The number of imidazole rings is 1. The molecule has 0 saturated heterocycles. The highest BCUT2D eigenvalue weighted by molar-refractivity contribution is 7.92. The Morgan fingerprint density at radius 3 is 2.62 bits per heavy atom. The van der Waals surface area contributed by atoms with Crippen molar-refractivity contribution in [3.8, 4) is 11.5 Å². The molecule has 0 radical (unpaired) electrons. The predicted octanol–water partition coefficient (Wildman–Crippen LogP) is 2.46. The summed E-state index contributed by atoms with van der Waals surface area (Å²) >= 11 is 0. The van der Waals surface area contributed by atoms with Crippen LogP contribution in [0.15, 0.2) is 47.6 Å². The van der Waals surface area contributed by atoms with Gasteiger partial charge in [0.1, 0.15) is 22.0 Å². The Morgan fingerprint density at radius 2 is 1.92 bits per heavy atom. The summed E-state index contributed by atoms with van der Waals surface area (Å²) in [7, 11) is -0.956. The van der Waals surface area contributed by atoms with E-state index in [2.05, 4.69) is 9.71 Å². The molecule has 0 saturated carbocycles. The standard InChI is InChI=1S/C16H17N3O4S/c1-11-13(5-7-16-17-8-9-19(11)16)18-24(20,21)15-10-12(22-2)4-6-14(15)23-3/h4-10,18H,1-3H3. The normalized spacial score (nSPS) is 11.5. The van der Waals surface area contributed by atoms with Gasteiger partial charge in [-0.15, -0.1) is 0 Å². The van der Waals surface area contributed by atoms with Gasteiger partial charge in [-0.25, -0.2) is 13.4 Å². The molecule has 0 bridgehead atoms. The zero-order valence-electron chi connectivity index (χ0n) is 13.5. The number of aryl methyl sites for hydroxylation is 1. The zero-order chi connectivity index (χ0) is 17.3. The number of benzene rings is 1. The number of methoxy groups -OCH3 is 2. The van der Waals surface area contributed by atoms with Gasteiger partial charge in [-0.1, -0.05) is 0 Å². The van der Waals surface area contributed by atoms with Crippen LogP contribution in [0.25, 0.3) is 5.65 Å². The van der Waals surface area contributed by atoms with Crippen molar-refractivity contribution in [2.75, 3.05) is 18.9 Å². The first kappa shape index (κ1) is 16.1. The highest BCUT2D eigenvalue weighted by atomic mass is 32.2. The van der Waals surface area contributed by atoms with Crippen LogP contribution in [0, 0.1) is 6.92 Å². The third kappa shape index (κ3) is 2.76. The topological polar surface area (TPSA) is 81.9 Å². The van der Waals surface area contributed by atoms with Gasteiger partial charge in [0.15, 0.2) is 0 Å². The fourth-order valence-corrected chi connectivity index (χ4v) is 3.73. The number of nitrogens with one attached hydrogen (secondary N) is 1. The lowest BCUT2D eigenvalue weighted by molar-refractivity contribution is 0.392. The van der Waals surface area contributed by atoms with E-state index in [4.69, 9.17) is 9.47 Å². The molecule has 0 amide bonds. The summed E-state index contributed by atoms with van der Waals surface area (Å²) in [4.78, 5) is 4.18. The molecular weight excluding hydrogens is 330 g/mol. The molecule has 126 valence electrons. The summed E-state index contributed by atoms with van der Waals surface area (Å²) in [5.41, 5.74) is 1.94. The van der Waals surface area contributed by atoms with Gasteiger partial charge in [0.05, 0.1) is 19.9 Å². The third-order valence-electron chi connectivity index (χ3n) is 3.72. The van der Waals surface area contributed by atoms with Crippen LogP contribution in [0.4, 0.5) is 5.69 Å². The monoisotopic (exact) mass is 347 g/mol. The lowest BCUT2D eigenvalue weighted by Crippen LogP contribution is -2.15. The molecule has 24 heavy (non-hydrogen) atoms. The van der Waals surface area contributed by atoms with E-state index in [1.807, 2.05) is 6.92 Å². The number of hydrogen-bond acceptors (Lipinski definition) is 5. The molecule has 3 aromatic rings. The van der Waals surface area contributed by atoms with Crippen molar-refractivity contribution >= 4 is 21.4 Å². The van der Waals surface area contributed by atoms with E-state index in [0.29, 0.717) is 11.4 Å². The van der Waals surface area contributed by atoms with Gasteiger partial charge in [-0.2, -0.15) is 0 Å². The summed E-state index contributed by atoms with van der Waals surface area (Å²) in [6.45, 7) is 1.81. The van der Waals surface area contributed by atoms with Crippen molar-refractivity contribution < 1.29 is 17.9 Å². The molecule has 3 rings (SSSR count). The van der Waals surface area contributed by atoms with Gasteiger partial charge in [0.25, 0.3) is 10.0 Å². The number of aromatic nitrogens is 2. The van der Waals surface area contributed by atoms with Crippen LogP contribution >= 0.6 is 0 Å². The fourth-order valence-electron chi connectivity index (χ4n) is 2.43. The Bertz CT molecular complexity index is 996. The Kier molecular flexibility index (Phi) is 4.06. The molecule has 0 aliphatic carbocycles. The van der Waals surface area contributed by atoms with Crippen LogP contribution in [0.2, 0.25) is 0 Å². The first-order valence-electron chi connectivity index (χ1n) is 7.14. The molecule has 1 N–H and O–H groups in total. The van der Waals surface area contributed by atoms with Gasteiger partial charge in [-0.05, 0) is 31.2 Å². The summed E-state index contributed by atoms with van der Waals surface area (Å²) in [5, 5.41) is 0. The van der Waals surface area contributed by atoms with Crippen molar-refractivity contribution in [3.05, 3.63) is 48.4 Å². The smallest absolute Gasteiger partial charge is 0.265 e. The second-order valence-corrected chi connectivity index (χ2v) is 6.76. The van der Waals surface area contributed by atoms with Crippen LogP contribution in [0.5, 0.6) is 11.5 Å². The van der Waals surface area contributed by atoms with Gasteiger partial charge in [0.2, 0.25) is 0 Å². The second kappa shape index (κ2) is 6.04. The molecular formula is C16H17N3O4S. The van der Waals surface area contributed by atoms with Gasteiger partial charge in [0, 0.05) is 24.2 Å². The van der Waals surface area contributed by atoms with E-state index in [-0.39, 0.29) is 10.6 Å². The summed E-state index contributed by atoms with van der Waals surface area (Å²) in [6.07, 6.45) is 3.43. The van der Waals surface area contributed by atoms with Gasteiger partial charge in [-0.3, -0.25) is 4.72 Å². The molecule has 0 unspecified atom stereocenters. The maximum absolute atomic E-state index is 12.8. The molecule has 0 spiro atoms. The van der Waals surface area contributed by atoms with E-state index in [1.165, 1.54) is 20.3 Å². The van der Waals surface area contributed by atoms with Crippen LogP contribution in [0.3, 0.4) is 0 Å². The van der Waals surface area contributed by atoms with E-state index in [9.17, 15) is 8.42 Å². The van der Waals surface area contributed by atoms with Crippen molar-refractivity contribution in [3.63, 3.8) is 0 Å². The average molecular weight is 347 g/mol. The van der Waals surface area contributed by atoms with Crippen LogP contribution < -0.4 is 14.2 Å². The first-order valence-corrected chi connectivity index (χ1v) is 8.62. The minimum Gasteiger partial charge on any atom is -0.497 e.